The number of benzene rings is 1. The molecule has 8 unspecified atom stereocenters. The number of carbonyl (C=O) groups is 1. The molecular weight excluding hydrogens is 418 g/mol. The molecule has 6 heteroatoms. The number of fused-ring (bicyclic) bond motifs is 1. The average Bonchev–Trinajstić information content (AvgIpc) is 2.87. The van der Waals surface area contributed by atoms with Gasteiger partial charge in [-0.25, -0.2) is 4.79 Å². The number of esters is 1. The van der Waals surface area contributed by atoms with E-state index in [1.54, 1.807) is 24.3 Å². The quantitative estimate of drug-likeness (QED) is 0.406. The van der Waals surface area contributed by atoms with E-state index >= 15 is 0 Å². The van der Waals surface area contributed by atoms with Gasteiger partial charge in [-0.05, 0) is 67.6 Å². The molecule has 6 saturated carbocycles. The van der Waals surface area contributed by atoms with Crippen LogP contribution >= 0.6 is 0 Å². The summed E-state index contributed by atoms with van der Waals surface area (Å²) in [6.45, 7) is 6.94. The minimum atomic E-state index is -1.06. The first-order valence-corrected chi connectivity index (χ1v) is 12.5. The van der Waals surface area contributed by atoms with Crippen LogP contribution in [0.1, 0.15) is 49.4 Å². The lowest BCUT2D eigenvalue weighted by Gasteiger charge is -2.71. The highest BCUT2D eigenvalue weighted by molar-refractivity contribution is 5.89. The number of hydrogen-bond acceptors (Lipinski definition) is 6. The van der Waals surface area contributed by atoms with Gasteiger partial charge in [0.25, 0.3) is 0 Å². The molecule has 4 N–H and O–H groups in total. The van der Waals surface area contributed by atoms with E-state index in [1.807, 2.05) is 6.07 Å². The number of ether oxygens (including phenoxy) is 1. The number of aliphatic hydroxyl groups excluding tert-OH is 2. The van der Waals surface area contributed by atoms with Crippen molar-refractivity contribution in [3.63, 3.8) is 0 Å². The third-order valence-corrected chi connectivity index (χ3v) is 11.4. The molecule has 7 fully saturated rings. The van der Waals surface area contributed by atoms with E-state index in [0.717, 1.165) is 24.8 Å². The normalized spacial score (nSPS) is 55.4. The SMILES string of the molecule is C=C1C2C[C@@H]3[C@@H]4NC[C@]5(C)C(O)C(OC(=O)c6ccccc6)CC46C5CCC3(C1O)C6(O)C2. The summed E-state index contributed by atoms with van der Waals surface area (Å²) in [4.78, 5) is 13.0. The van der Waals surface area contributed by atoms with Crippen molar-refractivity contribution < 1.29 is 24.9 Å². The van der Waals surface area contributed by atoms with Crippen LogP contribution in [0.5, 0.6) is 0 Å². The number of carbonyl (C=O) groups excluding carboxylic acids is 1. The highest BCUT2D eigenvalue weighted by Crippen LogP contribution is 2.83. The molecule has 1 saturated heterocycles. The molecule has 0 amide bonds. The summed E-state index contributed by atoms with van der Waals surface area (Å²) in [5, 5.41) is 39.5. The highest BCUT2D eigenvalue weighted by Gasteiger charge is 2.88. The average molecular weight is 452 g/mol. The summed E-state index contributed by atoms with van der Waals surface area (Å²) in [5.41, 5.74) is -1.38. The molecule has 0 radical (unpaired) electrons. The first-order valence-electron chi connectivity index (χ1n) is 12.5. The van der Waals surface area contributed by atoms with E-state index in [2.05, 4.69) is 18.8 Å². The number of rotatable bonds is 2. The second-order valence-corrected chi connectivity index (χ2v) is 12.1. The first kappa shape index (κ1) is 20.6. The Morgan fingerprint density at radius 3 is 2.70 bits per heavy atom. The zero-order valence-electron chi connectivity index (χ0n) is 19.0. The summed E-state index contributed by atoms with van der Waals surface area (Å²) in [6, 6.07) is 8.94. The maximum absolute atomic E-state index is 13.0. The molecule has 1 aliphatic heterocycles. The lowest BCUT2D eigenvalue weighted by molar-refractivity contribution is -0.305. The Labute approximate surface area is 194 Å². The van der Waals surface area contributed by atoms with Crippen molar-refractivity contribution in [3.8, 4) is 0 Å². The molecule has 0 aromatic heterocycles. The van der Waals surface area contributed by atoms with E-state index < -0.39 is 46.1 Å². The fourth-order valence-electron chi connectivity index (χ4n) is 10.3. The molecule has 6 nitrogen and oxygen atoms in total. The van der Waals surface area contributed by atoms with Crippen LogP contribution in [0, 0.1) is 34.0 Å². The van der Waals surface area contributed by atoms with Crippen molar-refractivity contribution in [1.82, 2.24) is 5.32 Å². The number of aliphatic hydroxyl groups is 3. The largest absolute Gasteiger partial charge is 0.456 e. The Bertz CT molecular complexity index is 1060. The lowest BCUT2D eigenvalue weighted by atomic mass is 9.37. The van der Waals surface area contributed by atoms with Crippen molar-refractivity contribution in [3.05, 3.63) is 48.0 Å². The van der Waals surface area contributed by atoms with Gasteiger partial charge in [0.2, 0.25) is 0 Å². The maximum atomic E-state index is 13.0. The van der Waals surface area contributed by atoms with Crippen molar-refractivity contribution >= 4 is 5.97 Å². The summed E-state index contributed by atoms with van der Waals surface area (Å²) < 4.78 is 6.01. The summed E-state index contributed by atoms with van der Waals surface area (Å²) in [6.07, 6.45) is 1.38. The molecule has 6 bridgehead atoms. The molecule has 1 aromatic carbocycles. The molecule has 11 atom stereocenters. The fraction of sp³-hybridized carbons (Fsp3) is 0.667. The molecule has 2 spiro atoms. The Hall–Kier alpha value is -1.73. The third-order valence-electron chi connectivity index (χ3n) is 11.4. The predicted octanol–water partition coefficient (Wildman–Crippen LogP) is 2.04. The molecule has 8 rings (SSSR count). The zero-order valence-corrected chi connectivity index (χ0v) is 19.0. The number of hydrogen-bond donors (Lipinski definition) is 4. The lowest BCUT2D eigenvalue weighted by Crippen LogP contribution is -2.78. The molecule has 1 heterocycles. The van der Waals surface area contributed by atoms with Crippen LogP contribution in [0.2, 0.25) is 0 Å². The van der Waals surface area contributed by atoms with Gasteiger partial charge in [-0.1, -0.05) is 31.7 Å². The van der Waals surface area contributed by atoms with Crippen molar-refractivity contribution in [2.45, 2.75) is 69.0 Å². The van der Waals surface area contributed by atoms with Gasteiger partial charge in [0, 0.05) is 28.8 Å². The van der Waals surface area contributed by atoms with Crippen LogP contribution < -0.4 is 5.32 Å². The van der Waals surface area contributed by atoms with Crippen LogP contribution in [-0.4, -0.2) is 57.8 Å². The smallest absolute Gasteiger partial charge is 0.338 e. The van der Waals surface area contributed by atoms with Gasteiger partial charge in [-0.15, -0.1) is 0 Å². The van der Waals surface area contributed by atoms with E-state index in [1.165, 1.54) is 0 Å². The van der Waals surface area contributed by atoms with Crippen LogP contribution in [0.4, 0.5) is 0 Å². The second-order valence-electron chi connectivity index (χ2n) is 12.1. The van der Waals surface area contributed by atoms with Crippen molar-refractivity contribution in [2.24, 2.45) is 34.0 Å². The minimum Gasteiger partial charge on any atom is -0.456 e. The van der Waals surface area contributed by atoms with Crippen molar-refractivity contribution in [2.75, 3.05) is 6.54 Å². The van der Waals surface area contributed by atoms with E-state index in [0.29, 0.717) is 24.9 Å². The zero-order chi connectivity index (χ0) is 23.0. The Morgan fingerprint density at radius 2 is 1.94 bits per heavy atom. The van der Waals surface area contributed by atoms with Crippen LogP contribution in [0.25, 0.3) is 0 Å². The first-order chi connectivity index (χ1) is 15.7. The predicted molar refractivity (Wildman–Crippen MR) is 120 cm³/mol. The topological polar surface area (TPSA) is 99.0 Å². The monoisotopic (exact) mass is 451 g/mol. The molecule has 6 aliphatic carbocycles. The highest BCUT2D eigenvalue weighted by atomic mass is 16.6. The standard InChI is InChI=1S/C27H33NO5/c1-14-16-10-17-20-26-12-18(33-23(31)15-6-4-3-5-7-15)22(30)24(2,13-28-20)19(26)8-9-25(17,21(14)29)27(26,32)11-16/h3-7,16-22,28-30,32H,1,8-13H2,2H3/t16?,17-,18?,19?,20+,21?,22?,24+,25?,26?,27?/m1/s1. The number of nitrogens with one attached hydrogen (secondary N) is 1. The molecule has 7 aliphatic rings. The van der Waals surface area contributed by atoms with Crippen LogP contribution in [-0.2, 0) is 4.74 Å². The maximum Gasteiger partial charge on any atom is 0.338 e. The van der Waals surface area contributed by atoms with Gasteiger partial charge >= 0.3 is 5.97 Å². The van der Waals surface area contributed by atoms with Gasteiger partial charge in [-0.2, -0.15) is 0 Å². The van der Waals surface area contributed by atoms with Gasteiger partial charge in [0.1, 0.15) is 6.10 Å². The Morgan fingerprint density at radius 1 is 1.18 bits per heavy atom. The molecule has 176 valence electrons. The van der Waals surface area contributed by atoms with Crippen molar-refractivity contribution in [1.29, 1.82) is 0 Å². The van der Waals surface area contributed by atoms with Crippen LogP contribution in [0.15, 0.2) is 42.5 Å². The third kappa shape index (κ3) is 1.99. The van der Waals surface area contributed by atoms with Crippen LogP contribution in [0.3, 0.4) is 0 Å². The fourth-order valence-corrected chi connectivity index (χ4v) is 10.3. The molecule has 1 aromatic rings. The minimum absolute atomic E-state index is 0.0428. The summed E-state index contributed by atoms with van der Waals surface area (Å²) in [5.74, 6) is -0.0495. The van der Waals surface area contributed by atoms with Gasteiger partial charge in [0.05, 0.1) is 23.4 Å². The molecule has 33 heavy (non-hydrogen) atoms. The van der Waals surface area contributed by atoms with Gasteiger partial charge in [0.15, 0.2) is 0 Å². The Balaban J connectivity index is 1.35. The van der Waals surface area contributed by atoms with E-state index in [-0.39, 0.29) is 23.8 Å². The van der Waals surface area contributed by atoms with Gasteiger partial charge < -0.3 is 25.4 Å². The number of piperidine rings is 1. The summed E-state index contributed by atoms with van der Waals surface area (Å²) >= 11 is 0. The Kier molecular flexibility index (Phi) is 3.80. The summed E-state index contributed by atoms with van der Waals surface area (Å²) in [7, 11) is 0. The second kappa shape index (κ2) is 6.09. The van der Waals surface area contributed by atoms with E-state index in [9.17, 15) is 20.1 Å². The van der Waals surface area contributed by atoms with E-state index in [4.69, 9.17) is 4.74 Å². The van der Waals surface area contributed by atoms with Gasteiger partial charge in [-0.3, -0.25) is 0 Å². The molecular formula is C27H33NO5.